The third-order valence-corrected chi connectivity index (χ3v) is 6.57. The number of carbonyl (C=O) groups is 3. The summed E-state index contributed by atoms with van der Waals surface area (Å²) in [5.41, 5.74) is 5.07. The minimum atomic E-state index is -0.131. The lowest BCUT2D eigenvalue weighted by atomic mass is 10.1. The van der Waals surface area contributed by atoms with Crippen LogP contribution in [0.5, 0.6) is 0 Å². The molecule has 0 bridgehead atoms. The molecule has 2 aromatic carbocycles. The van der Waals surface area contributed by atoms with Crippen LogP contribution in [0, 0.1) is 13.8 Å². The zero-order valence-corrected chi connectivity index (χ0v) is 20.7. The Bertz CT molecular complexity index is 1150. The maximum Gasteiger partial charge on any atom is 0.270 e. The summed E-state index contributed by atoms with van der Waals surface area (Å²) in [5, 5.41) is 8.86. The average molecular weight is 476 g/mol. The van der Waals surface area contributed by atoms with Crippen molar-refractivity contribution < 1.29 is 14.4 Å². The first-order chi connectivity index (χ1) is 16.9. The summed E-state index contributed by atoms with van der Waals surface area (Å²) in [4.78, 5) is 42.2. The number of nitrogens with one attached hydrogen (secondary N) is 1. The molecule has 4 rings (SSSR count). The van der Waals surface area contributed by atoms with Gasteiger partial charge in [0.2, 0.25) is 11.8 Å². The molecular weight excluding hydrogens is 442 g/mol. The second-order valence-electron chi connectivity index (χ2n) is 9.17. The standard InChI is InChI=1S/C27H33N5O3/c1-4-21-7-5-6-8-22(21)28-25(33)18-30-13-15-31(16-14-30)27(35)23-11-12-26(34)32(29-23)24-17-19(2)9-10-20(24)3/h5-10,17H,4,11-16,18H2,1-3H3,(H,28,33). The van der Waals surface area contributed by atoms with Crippen molar-refractivity contribution in [3.63, 3.8) is 0 Å². The van der Waals surface area contributed by atoms with Crippen molar-refractivity contribution in [1.29, 1.82) is 0 Å². The van der Waals surface area contributed by atoms with Gasteiger partial charge in [-0.1, -0.05) is 37.3 Å². The van der Waals surface area contributed by atoms with Gasteiger partial charge in [-0.25, -0.2) is 5.01 Å². The zero-order valence-electron chi connectivity index (χ0n) is 20.7. The second kappa shape index (κ2) is 10.8. The van der Waals surface area contributed by atoms with Crippen LogP contribution in [0.3, 0.4) is 0 Å². The van der Waals surface area contributed by atoms with Gasteiger partial charge in [0.1, 0.15) is 5.71 Å². The summed E-state index contributed by atoms with van der Waals surface area (Å²) in [7, 11) is 0. The highest BCUT2D eigenvalue weighted by atomic mass is 16.2. The van der Waals surface area contributed by atoms with Gasteiger partial charge in [0.25, 0.3) is 5.91 Å². The molecule has 2 aliphatic heterocycles. The van der Waals surface area contributed by atoms with Gasteiger partial charge < -0.3 is 10.2 Å². The fourth-order valence-corrected chi connectivity index (χ4v) is 4.48. The third-order valence-electron chi connectivity index (χ3n) is 6.57. The topological polar surface area (TPSA) is 85.3 Å². The molecule has 0 aromatic heterocycles. The molecule has 1 fully saturated rings. The predicted octanol–water partition coefficient (Wildman–Crippen LogP) is 3.13. The van der Waals surface area contributed by atoms with E-state index in [1.807, 2.05) is 56.3 Å². The summed E-state index contributed by atoms with van der Waals surface area (Å²) in [6.07, 6.45) is 1.46. The van der Waals surface area contributed by atoms with Crippen molar-refractivity contribution in [2.75, 3.05) is 43.0 Å². The summed E-state index contributed by atoms with van der Waals surface area (Å²) in [6, 6.07) is 13.7. The Balaban J connectivity index is 1.35. The quantitative estimate of drug-likeness (QED) is 0.696. The lowest BCUT2D eigenvalue weighted by Crippen LogP contribution is -2.52. The molecule has 0 atom stereocenters. The highest BCUT2D eigenvalue weighted by Gasteiger charge is 2.31. The van der Waals surface area contributed by atoms with Gasteiger partial charge in [-0.2, -0.15) is 5.10 Å². The number of nitrogens with zero attached hydrogens (tertiary/aromatic N) is 4. The van der Waals surface area contributed by atoms with Crippen LogP contribution in [0.2, 0.25) is 0 Å². The van der Waals surface area contributed by atoms with Crippen molar-refractivity contribution >= 4 is 34.8 Å². The normalized spacial score (nSPS) is 16.8. The van der Waals surface area contributed by atoms with Gasteiger partial charge in [0.15, 0.2) is 0 Å². The summed E-state index contributed by atoms with van der Waals surface area (Å²) in [6.45, 7) is 8.52. The number of piperazine rings is 1. The van der Waals surface area contributed by atoms with Crippen molar-refractivity contribution in [1.82, 2.24) is 9.80 Å². The number of hydrogen-bond acceptors (Lipinski definition) is 5. The Hall–Kier alpha value is -3.52. The highest BCUT2D eigenvalue weighted by molar-refractivity contribution is 6.40. The fraction of sp³-hybridized carbons (Fsp3) is 0.407. The zero-order chi connectivity index (χ0) is 24.9. The van der Waals surface area contributed by atoms with Crippen LogP contribution in [-0.4, -0.2) is 66.0 Å². The van der Waals surface area contributed by atoms with E-state index < -0.39 is 0 Å². The average Bonchev–Trinajstić information content (AvgIpc) is 2.86. The number of benzene rings is 2. The van der Waals surface area contributed by atoms with Gasteiger partial charge in [-0.3, -0.25) is 19.3 Å². The van der Waals surface area contributed by atoms with E-state index in [1.54, 1.807) is 4.90 Å². The van der Waals surface area contributed by atoms with Crippen LogP contribution in [0.4, 0.5) is 11.4 Å². The van der Waals surface area contributed by atoms with E-state index in [0.717, 1.165) is 34.5 Å². The molecule has 2 aliphatic rings. The first-order valence-electron chi connectivity index (χ1n) is 12.2. The number of anilines is 2. The number of aryl methyl sites for hydroxylation is 3. The van der Waals surface area contributed by atoms with Gasteiger partial charge in [0, 0.05) is 44.7 Å². The molecule has 184 valence electrons. The van der Waals surface area contributed by atoms with Crippen LogP contribution in [0.15, 0.2) is 47.6 Å². The maximum absolute atomic E-state index is 13.2. The molecule has 0 spiro atoms. The van der Waals surface area contributed by atoms with E-state index in [0.29, 0.717) is 38.3 Å². The number of amides is 3. The van der Waals surface area contributed by atoms with Crippen LogP contribution in [0.25, 0.3) is 0 Å². The van der Waals surface area contributed by atoms with E-state index in [4.69, 9.17) is 0 Å². The molecule has 0 aliphatic carbocycles. The molecule has 3 amide bonds. The molecule has 2 heterocycles. The van der Waals surface area contributed by atoms with Crippen molar-refractivity contribution in [2.24, 2.45) is 5.10 Å². The molecule has 8 heteroatoms. The Kier molecular flexibility index (Phi) is 7.60. The van der Waals surface area contributed by atoms with Gasteiger partial charge in [-0.15, -0.1) is 0 Å². The van der Waals surface area contributed by atoms with Crippen LogP contribution < -0.4 is 10.3 Å². The predicted molar refractivity (Wildman–Crippen MR) is 138 cm³/mol. The maximum atomic E-state index is 13.2. The molecule has 0 unspecified atom stereocenters. The molecule has 0 radical (unpaired) electrons. The van der Waals surface area contributed by atoms with Gasteiger partial charge in [-0.05, 0) is 49.1 Å². The SMILES string of the molecule is CCc1ccccc1NC(=O)CN1CCN(C(=O)C2=NN(c3cc(C)ccc3C)C(=O)CC2)CC1. The Morgan fingerprint density at radius 1 is 1.00 bits per heavy atom. The second-order valence-corrected chi connectivity index (χ2v) is 9.17. The first-order valence-corrected chi connectivity index (χ1v) is 12.2. The third kappa shape index (κ3) is 5.77. The monoisotopic (exact) mass is 475 g/mol. The number of rotatable bonds is 6. The number of hydrogen-bond donors (Lipinski definition) is 1. The van der Waals surface area contributed by atoms with Crippen LogP contribution in [0.1, 0.15) is 36.5 Å². The Labute approximate surface area is 206 Å². The molecule has 1 N–H and O–H groups in total. The van der Waals surface area contributed by atoms with Crippen molar-refractivity contribution in [3.8, 4) is 0 Å². The van der Waals surface area contributed by atoms with Crippen LogP contribution >= 0.6 is 0 Å². The van der Waals surface area contributed by atoms with E-state index in [1.165, 1.54) is 5.01 Å². The van der Waals surface area contributed by atoms with E-state index in [-0.39, 0.29) is 30.7 Å². The van der Waals surface area contributed by atoms with E-state index in [9.17, 15) is 14.4 Å². The minimum Gasteiger partial charge on any atom is -0.335 e. The number of carbonyl (C=O) groups excluding carboxylic acids is 3. The fourth-order valence-electron chi connectivity index (χ4n) is 4.48. The lowest BCUT2D eigenvalue weighted by Gasteiger charge is -2.35. The molecule has 1 saturated heterocycles. The van der Waals surface area contributed by atoms with Crippen molar-refractivity contribution in [2.45, 2.75) is 40.0 Å². The van der Waals surface area contributed by atoms with E-state index in [2.05, 4.69) is 22.2 Å². The smallest absolute Gasteiger partial charge is 0.270 e. The molecule has 2 aromatic rings. The van der Waals surface area contributed by atoms with Gasteiger partial charge >= 0.3 is 0 Å². The molecular formula is C27H33N5O3. The molecule has 8 nitrogen and oxygen atoms in total. The minimum absolute atomic E-state index is 0.0509. The summed E-state index contributed by atoms with van der Waals surface area (Å²) in [5.74, 6) is -0.283. The lowest BCUT2D eigenvalue weighted by molar-refractivity contribution is -0.126. The first kappa shape index (κ1) is 24.6. The van der Waals surface area contributed by atoms with Crippen LogP contribution in [-0.2, 0) is 20.8 Å². The number of para-hydroxylation sites is 1. The Morgan fingerprint density at radius 3 is 2.49 bits per heavy atom. The Morgan fingerprint density at radius 2 is 1.74 bits per heavy atom. The van der Waals surface area contributed by atoms with E-state index >= 15 is 0 Å². The molecule has 0 saturated carbocycles. The number of hydrazone groups is 1. The summed E-state index contributed by atoms with van der Waals surface area (Å²) >= 11 is 0. The largest absolute Gasteiger partial charge is 0.335 e. The summed E-state index contributed by atoms with van der Waals surface area (Å²) < 4.78 is 0. The molecule has 35 heavy (non-hydrogen) atoms. The highest BCUT2D eigenvalue weighted by Crippen LogP contribution is 2.26. The van der Waals surface area contributed by atoms with Gasteiger partial charge in [0.05, 0.1) is 12.2 Å². The van der Waals surface area contributed by atoms with Crippen molar-refractivity contribution in [3.05, 3.63) is 59.2 Å².